The molecule has 0 heterocycles. The summed E-state index contributed by atoms with van der Waals surface area (Å²) in [5.74, 6) is 0. The molecule has 0 saturated heterocycles. The van der Waals surface area contributed by atoms with Crippen molar-refractivity contribution in [1.82, 2.24) is 0 Å². The van der Waals surface area contributed by atoms with E-state index in [1.807, 2.05) is 62.4 Å². The molecule has 24 heavy (non-hydrogen) atoms. The fourth-order valence-electron chi connectivity index (χ4n) is 1.86. The molecule has 2 aromatic rings. The Hall–Kier alpha value is -2.04. The summed E-state index contributed by atoms with van der Waals surface area (Å²) in [7, 11) is -2.31. The largest absolute Gasteiger partial charge is 0.250 e. The zero-order chi connectivity index (χ0) is 17.4. The van der Waals surface area contributed by atoms with E-state index in [0.29, 0.717) is 0 Å². The predicted molar refractivity (Wildman–Crippen MR) is 103 cm³/mol. The molecule has 0 aliphatic rings. The highest BCUT2D eigenvalue weighted by Gasteiger charge is 1.98. The Morgan fingerprint density at radius 2 is 0.917 bits per heavy atom. The van der Waals surface area contributed by atoms with Crippen LogP contribution in [0.1, 0.15) is 11.1 Å². The topological polar surface area (TPSA) is 34.1 Å². The van der Waals surface area contributed by atoms with Crippen LogP contribution in [0.25, 0.3) is 0 Å². The summed E-state index contributed by atoms with van der Waals surface area (Å²) in [6.07, 6.45) is 7.01. The minimum absolute atomic E-state index is 0.779. The van der Waals surface area contributed by atoms with Crippen LogP contribution in [-0.2, 0) is 21.6 Å². The smallest absolute Gasteiger partial charge is 0.0775 e. The van der Waals surface area contributed by atoms with E-state index in [2.05, 4.69) is 0 Å². The van der Waals surface area contributed by atoms with Gasteiger partial charge < -0.3 is 0 Å². The summed E-state index contributed by atoms with van der Waals surface area (Å²) in [6.45, 7) is 4.00. The first-order valence-corrected chi connectivity index (χ1v) is 9.95. The normalized spacial score (nSPS) is 14.6. The van der Waals surface area contributed by atoms with Crippen LogP contribution in [0.5, 0.6) is 0 Å². The Balaban J connectivity index is 1.87. The molecule has 0 spiro atoms. The Morgan fingerprint density at radius 3 is 1.25 bits per heavy atom. The van der Waals surface area contributed by atoms with E-state index >= 15 is 0 Å². The predicted octanol–water partition coefficient (Wildman–Crippen LogP) is 4.80. The number of benzene rings is 2. The highest BCUT2D eigenvalue weighted by Crippen LogP contribution is 2.10. The molecular formula is C20H20O2S2. The van der Waals surface area contributed by atoms with E-state index in [4.69, 9.17) is 0 Å². The fraction of sp³-hybridized carbons (Fsp3) is 0.100. The van der Waals surface area contributed by atoms with E-state index in [0.717, 1.165) is 20.9 Å². The summed E-state index contributed by atoms with van der Waals surface area (Å²) in [5.41, 5.74) is 2.29. The lowest BCUT2D eigenvalue weighted by Crippen LogP contribution is -1.86. The molecule has 0 aliphatic heterocycles. The zero-order valence-corrected chi connectivity index (χ0v) is 15.3. The maximum atomic E-state index is 12.0. The molecule has 0 saturated carbocycles. The summed E-state index contributed by atoms with van der Waals surface area (Å²) in [5, 5.41) is 3.26. The molecule has 0 fully saturated rings. The van der Waals surface area contributed by atoms with Gasteiger partial charge in [-0.15, -0.1) is 0 Å². The highest BCUT2D eigenvalue weighted by atomic mass is 32.2. The van der Waals surface area contributed by atoms with E-state index in [1.54, 1.807) is 35.1 Å². The standard InChI is InChI=1S/C20H20O2S2/c1-17-7-11-19(12-8-17)23(21)15-5-3-4-6-16-24(22)20-13-9-18(2)10-14-20/h3-16H,1-2H3/b4-3+,15-5-,16-6-/t23-,24+. The van der Waals surface area contributed by atoms with E-state index in [1.165, 1.54) is 0 Å². The van der Waals surface area contributed by atoms with Gasteiger partial charge in [-0.3, -0.25) is 0 Å². The molecule has 4 heteroatoms. The van der Waals surface area contributed by atoms with E-state index in [9.17, 15) is 8.42 Å². The molecule has 0 amide bonds. The first-order chi connectivity index (χ1) is 11.6. The lowest BCUT2D eigenvalue weighted by molar-refractivity contribution is 0.687. The van der Waals surface area contributed by atoms with Crippen molar-refractivity contribution in [2.45, 2.75) is 23.6 Å². The first kappa shape index (κ1) is 18.3. The van der Waals surface area contributed by atoms with Gasteiger partial charge in [0.2, 0.25) is 0 Å². The fourth-order valence-corrected chi connectivity index (χ4v) is 3.45. The quantitative estimate of drug-likeness (QED) is 0.697. The summed E-state index contributed by atoms with van der Waals surface area (Å²) in [4.78, 5) is 1.56. The van der Waals surface area contributed by atoms with Crippen molar-refractivity contribution < 1.29 is 8.42 Å². The van der Waals surface area contributed by atoms with Crippen molar-refractivity contribution in [1.29, 1.82) is 0 Å². The van der Waals surface area contributed by atoms with Crippen LogP contribution in [0, 0.1) is 13.8 Å². The molecule has 2 aromatic carbocycles. The molecule has 2 rings (SSSR count). The molecule has 2 nitrogen and oxygen atoms in total. The van der Waals surface area contributed by atoms with Gasteiger partial charge >= 0.3 is 0 Å². The van der Waals surface area contributed by atoms with Gasteiger partial charge in [-0.05, 0) is 38.1 Å². The van der Waals surface area contributed by atoms with Crippen molar-refractivity contribution >= 4 is 21.6 Å². The van der Waals surface area contributed by atoms with Crippen LogP contribution in [0.3, 0.4) is 0 Å². The molecule has 0 bridgehead atoms. The molecule has 0 radical (unpaired) electrons. The lowest BCUT2D eigenvalue weighted by Gasteiger charge is -1.96. The van der Waals surface area contributed by atoms with Crippen LogP contribution in [0.15, 0.2) is 93.4 Å². The molecule has 0 aromatic heterocycles. The Kier molecular flexibility index (Phi) is 7.09. The third kappa shape index (κ3) is 5.87. The summed E-state index contributed by atoms with van der Waals surface area (Å²) >= 11 is 0. The molecule has 124 valence electrons. The van der Waals surface area contributed by atoms with Gasteiger partial charge in [-0.1, -0.05) is 59.7 Å². The Labute approximate surface area is 148 Å². The van der Waals surface area contributed by atoms with Crippen LogP contribution >= 0.6 is 0 Å². The van der Waals surface area contributed by atoms with Gasteiger partial charge in [-0.25, -0.2) is 8.42 Å². The molecular weight excluding hydrogens is 336 g/mol. The Morgan fingerprint density at radius 1 is 0.583 bits per heavy atom. The van der Waals surface area contributed by atoms with E-state index in [-0.39, 0.29) is 0 Å². The van der Waals surface area contributed by atoms with Crippen molar-refractivity contribution in [2.75, 3.05) is 0 Å². The van der Waals surface area contributed by atoms with Gasteiger partial charge in [0, 0.05) is 20.6 Å². The number of aryl methyl sites for hydroxylation is 2. The number of hydrogen-bond donors (Lipinski definition) is 0. The lowest BCUT2D eigenvalue weighted by atomic mass is 10.2. The van der Waals surface area contributed by atoms with Crippen molar-refractivity contribution in [2.24, 2.45) is 0 Å². The third-order valence-electron chi connectivity index (χ3n) is 3.24. The van der Waals surface area contributed by atoms with Crippen molar-refractivity contribution in [3.63, 3.8) is 0 Å². The average molecular weight is 357 g/mol. The second-order valence-corrected chi connectivity index (χ2v) is 7.94. The molecule has 0 aliphatic carbocycles. The van der Waals surface area contributed by atoms with Crippen LogP contribution in [0.4, 0.5) is 0 Å². The summed E-state index contributed by atoms with van der Waals surface area (Å²) in [6, 6.07) is 15.2. The second kappa shape index (κ2) is 9.30. The van der Waals surface area contributed by atoms with Crippen LogP contribution in [-0.4, -0.2) is 8.42 Å². The van der Waals surface area contributed by atoms with Gasteiger partial charge in [-0.2, -0.15) is 0 Å². The Bertz CT molecular complexity index is 729. The maximum absolute atomic E-state index is 12.0. The van der Waals surface area contributed by atoms with Gasteiger partial charge in [0.05, 0.1) is 21.6 Å². The van der Waals surface area contributed by atoms with E-state index < -0.39 is 21.6 Å². The number of hydrogen-bond acceptors (Lipinski definition) is 2. The maximum Gasteiger partial charge on any atom is 0.0775 e. The highest BCUT2D eigenvalue weighted by molar-refractivity contribution is 7.88. The van der Waals surface area contributed by atoms with Gasteiger partial charge in [0.1, 0.15) is 0 Å². The van der Waals surface area contributed by atoms with Crippen molar-refractivity contribution in [3.05, 3.63) is 94.8 Å². The third-order valence-corrected chi connectivity index (χ3v) is 5.53. The zero-order valence-electron chi connectivity index (χ0n) is 13.7. The molecule has 2 atom stereocenters. The minimum Gasteiger partial charge on any atom is -0.250 e. The number of allylic oxidation sites excluding steroid dienone is 4. The average Bonchev–Trinajstić information content (AvgIpc) is 2.58. The van der Waals surface area contributed by atoms with Gasteiger partial charge in [0.25, 0.3) is 0 Å². The van der Waals surface area contributed by atoms with Crippen LogP contribution in [0.2, 0.25) is 0 Å². The second-order valence-electron chi connectivity index (χ2n) is 5.26. The van der Waals surface area contributed by atoms with Crippen LogP contribution < -0.4 is 0 Å². The van der Waals surface area contributed by atoms with Gasteiger partial charge in [0.15, 0.2) is 0 Å². The minimum atomic E-state index is -1.15. The summed E-state index contributed by atoms with van der Waals surface area (Å²) < 4.78 is 24.1. The number of rotatable bonds is 6. The van der Waals surface area contributed by atoms with Crippen molar-refractivity contribution in [3.8, 4) is 0 Å². The molecule has 0 unspecified atom stereocenters. The molecule has 0 N–H and O–H groups in total. The SMILES string of the molecule is Cc1ccc([S@](=O)\C=C/C=C/C=C\[S@](=O)c2ccc(C)cc2)cc1. The first-order valence-electron chi connectivity index (χ1n) is 7.52. The monoisotopic (exact) mass is 356 g/mol.